The Morgan fingerprint density at radius 2 is 1.19 bits per heavy atom. The molecule has 2 rings (SSSR count). The SMILES string of the molecule is NC(N)=NCCSCc1ccco1.NC(N)=NCCSCc1ccco1.O=S(=O)(O)O. The summed E-state index contributed by atoms with van der Waals surface area (Å²) < 4.78 is 41.9. The molecule has 176 valence electrons. The molecule has 2 aromatic heterocycles. The Balaban J connectivity index is 0.000000479. The Morgan fingerprint density at radius 3 is 1.45 bits per heavy atom. The maximum absolute atomic E-state index is 8.74. The quantitative estimate of drug-likeness (QED) is 0.117. The number of nitrogens with two attached hydrogens (primary N) is 4. The van der Waals surface area contributed by atoms with Gasteiger partial charge in [0.25, 0.3) is 0 Å². The number of hydrogen-bond donors (Lipinski definition) is 6. The first-order valence-corrected chi connectivity index (χ1v) is 12.3. The fourth-order valence-electron chi connectivity index (χ4n) is 1.61. The summed E-state index contributed by atoms with van der Waals surface area (Å²) in [5.41, 5.74) is 20.7. The van der Waals surface area contributed by atoms with Crippen LogP contribution >= 0.6 is 23.5 Å². The molecule has 0 unspecified atom stereocenters. The zero-order valence-electron chi connectivity index (χ0n) is 16.7. The highest BCUT2D eigenvalue weighted by Gasteiger charge is 1.95. The monoisotopic (exact) mass is 496 g/mol. The highest BCUT2D eigenvalue weighted by Crippen LogP contribution is 2.12. The minimum atomic E-state index is -4.67. The van der Waals surface area contributed by atoms with Crippen molar-refractivity contribution in [2.24, 2.45) is 32.9 Å². The number of rotatable bonds is 10. The summed E-state index contributed by atoms with van der Waals surface area (Å²) in [6, 6.07) is 7.67. The van der Waals surface area contributed by atoms with E-state index in [1.54, 1.807) is 36.1 Å². The first-order chi connectivity index (χ1) is 14.6. The molecule has 0 aliphatic rings. The second-order valence-electron chi connectivity index (χ2n) is 5.32. The molecule has 0 amide bonds. The van der Waals surface area contributed by atoms with E-state index in [9.17, 15) is 0 Å². The van der Waals surface area contributed by atoms with Crippen LogP contribution in [0, 0.1) is 0 Å². The molecule has 0 aliphatic heterocycles. The Morgan fingerprint density at radius 1 is 0.839 bits per heavy atom. The van der Waals surface area contributed by atoms with Crippen molar-refractivity contribution in [3.8, 4) is 0 Å². The van der Waals surface area contributed by atoms with Crippen molar-refractivity contribution in [1.82, 2.24) is 0 Å². The lowest BCUT2D eigenvalue weighted by Crippen LogP contribution is -2.23. The van der Waals surface area contributed by atoms with Crippen LogP contribution < -0.4 is 22.9 Å². The third-order valence-electron chi connectivity index (χ3n) is 2.71. The smallest absolute Gasteiger partial charge is 0.394 e. The van der Waals surface area contributed by atoms with E-state index in [-0.39, 0.29) is 11.9 Å². The van der Waals surface area contributed by atoms with Gasteiger partial charge in [-0.25, -0.2) is 0 Å². The van der Waals surface area contributed by atoms with Crippen molar-refractivity contribution in [2.45, 2.75) is 11.5 Å². The topological polar surface area (TPSA) is 230 Å². The first-order valence-electron chi connectivity index (χ1n) is 8.58. The molecule has 12 nitrogen and oxygen atoms in total. The average Bonchev–Trinajstić information content (AvgIpc) is 3.33. The fourth-order valence-corrected chi connectivity index (χ4v) is 3.07. The molecule has 2 heterocycles. The maximum atomic E-state index is 8.74. The molecule has 10 N–H and O–H groups in total. The van der Waals surface area contributed by atoms with E-state index >= 15 is 0 Å². The van der Waals surface area contributed by atoms with Gasteiger partial charge in [0.05, 0.1) is 37.1 Å². The molecule has 0 fully saturated rings. The lowest BCUT2D eigenvalue weighted by molar-refractivity contribution is 0.381. The molecule has 0 radical (unpaired) electrons. The molecule has 0 atom stereocenters. The molecule has 0 saturated carbocycles. The van der Waals surface area contributed by atoms with Crippen molar-refractivity contribution in [1.29, 1.82) is 0 Å². The van der Waals surface area contributed by atoms with E-state index in [0.29, 0.717) is 13.1 Å². The van der Waals surface area contributed by atoms with Crippen LogP contribution in [0.15, 0.2) is 55.6 Å². The van der Waals surface area contributed by atoms with E-state index in [2.05, 4.69) is 9.98 Å². The zero-order valence-corrected chi connectivity index (χ0v) is 19.1. The number of furan rings is 2. The average molecular weight is 497 g/mol. The summed E-state index contributed by atoms with van der Waals surface area (Å²) in [5, 5.41) is 0. The van der Waals surface area contributed by atoms with Crippen LogP contribution in [0.1, 0.15) is 11.5 Å². The third kappa shape index (κ3) is 23.8. The van der Waals surface area contributed by atoms with Gasteiger partial charge in [0, 0.05) is 11.5 Å². The molecule has 0 aliphatic carbocycles. The number of thioether (sulfide) groups is 2. The summed E-state index contributed by atoms with van der Waals surface area (Å²) in [5.74, 6) is 5.80. The van der Waals surface area contributed by atoms with Crippen LogP contribution in [0.4, 0.5) is 0 Å². The van der Waals surface area contributed by atoms with Gasteiger partial charge in [-0.15, -0.1) is 0 Å². The zero-order chi connectivity index (χ0) is 23.5. The molecule has 0 bridgehead atoms. The third-order valence-corrected chi connectivity index (χ3v) is 4.63. The largest absolute Gasteiger partial charge is 0.468 e. The van der Waals surface area contributed by atoms with Crippen LogP contribution in [0.3, 0.4) is 0 Å². The van der Waals surface area contributed by atoms with Crippen molar-refractivity contribution in [3.63, 3.8) is 0 Å². The van der Waals surface area contributed by atoms with E-state index in [4.69, 9.17) is 49.3 Å². The van der Waals surface area contributed by atoms with E-state index < -0.39 is 10.4 Å². The minimum absolute atomic E-state index is 0.151. The molecular weight excluding hydrogens is 468 g/mol. The van der Waals surface area contributed by atoms with Gasteiger partial charge >= 0.3 is 10.4 Å². The molecule has 2 aromatic rings. The molecular formula is C16H28N6O6S3. The van der Waals surface area contributed by atoms with Crippen LogP contribution in [0.25, 0.3) is 0 Å². The summed E-state index contributed by atoms with van der Waals surface area (Å²) in [6.07, 6.45) is 3.35. The Bertz CT molecular complexity index is 769. The van der Waals surface area contributed by atoms with Crippen LogP contribution in [-0.2, 0) is 21.9 Å². The van der Waals surface area contributed by atoms with Crippen molar-refractivity contribution >= 4 is 45.8 Å². The van der Waals surface area contributed by atoms with Gasteiger partial charge in [-0.1, -0.05) is 0 Å². The van der Waals surface area contributed by atoms with Gasteiger partial charge in [-0.05, 0) is 24.3 Å². The summed E-state index contributed by atoms with van der Waals surface area (Å²) in [4.78, 5) is 7.73. The van der Waals surface area contributed by atoms with E-state index in [0.717, 1.165) is 34.5 Å². The number of hydrogen-bond acceptors (Lipinski definition) is 8. The fraction of sp³-hybridized carbons (Fsp3) is 0.375. The predicted molar refractivity (Wildman–Crippen MR) is 125 cm³/mol. The lowest BCUT2D eigenvalue weighted by Gasteiger charge is -1.96. The van der Waals surface area contributed by atoms with Crippen LogP contribution in [0.5, 0.6) is 0 Å². The predicted octanol–water partition coefficient (Wildman–Crippen LogP) is 0.920. The molecule has 0 saturated heterocycles. The second kappa shape index (κ2) is 17.4. The Hall–Kier alpha value is -2.33. The maximum Gasteiger partial charge on any atom is 0.394 e. The lowest BCUT2D eigenvalue weighted by atomic mass is 10.5. The van der Waals surface area contributed by atoms with Crippen LogP contribution in [-0.4, -0.2) is 54.0 Å². The van der Waals surface area contributed by atoms with Crippen LogP contribution in [0.2, 0.25) is 0 Å². The molecule has 31 heavy (non-hydrogen) atoms. The van der Waals surface area contributed by atoms with Crippen molar-refractivity contribution in [2.75, 3.05) is 24.6 Å². The molecule has 15 heteroatoms. The van der Waals surface area contributed by atoms with E-state index in [1.165, 1.54) is 0 Å². The summed E-state index contributed by atoms with van der Waals surface area (Å²) in [7, 11) is -4.67. The minimum Gasteiger partial charge on any atom is -0.468 e. The normalized spacial score (nSPS) is 10.1. The highest BCUT2D eigenvalue weighted by atomic mass is 32.3. The summed E-state index contributed by atoms with van der Waals surface area (Å²) in [6.45, 7) is 1.32. The molecule has 0 spiro atoms. The summed E-state index contributed by atoms with van der Waals surface area (Å²) >= 11 is 3.48. The first kappa shape index (κ1) is 28.7. The van der Waals surface area contributed by atoms with Crippen molar-refractivity contribution in [3.05, 3.63) is 48.3 Å². The van der Waals surface area contributed by atoms with Gasteiger partial charge in [0.1, 0.15) is 11.5 Å². The number of guanidine groups is 2. The Kier molecular flexibility index (Phi) is 16.1. The molecule has 0 aromatic carbocycles. The second-order valence-corrected chi connectivity index (χ2v) is 8.43. The van der Waals surface area contributed by atoms with Gasteiger partial charge in [0.15, 0.2) is 11.9 Å². The number of nitrogens with zero attached hydrogens (tertiary/aromatic N) is 2. The van der Waals surface area contributed by atoms with Gasteiger partial charge < -0.3 is 31.8 Å². The van der Waals surface area contributed by atoms with Gasteiger partial charge in [-0.2, -0.15) is 31.9 Å². The Labute approximate surface area is 189 Å². The van der Waals surface area contributed by atoms with Gasteiger partial charge in [0.2, 0.25) is 0 Å². The highest BCUT2D eigenvalue weighted by molar-refractivity contribution is 7.98. The van der Waals surface area contributed by atoms with E-state index in [1.807, 2.05) is 24.3 Å². The number of aliphatic imine (C=N–C) groups is 2. The van der Waals surface area contributed by atoms with Crippen molar-refractivity contribution < 1.29 is 26.4 Å². The standard InChI is InChI=1S/2C8H13N3OS.H2O4S/c2*9-8(10)11-3-5-13-6-7-2-1-4-12-7;1-5(2,3)4/h2*1-2,4H,3,5-6H2,(H4,9,10,11);(H2,1,2,3,4). The van der Waals surface area contributed by atoms with Gasteiger partial charge in [-0.3, -0.25) is 19.1 Å².